The second-order valence-corrected chi connectivity index (χ2v) is 3.66. The van der Waals surface area contributed by atoms with E-state index in [2.05, 4.69) is 16.6 Å². The van der Waals surface area contributed by atoms with E-state index in [-0.39, 0.29) is 13.0 Å². The van der Waals surface area contributed by atoms with Gasteiger partial charge >= 0.3 is 11.9 Å². The van der Waals surface area contributed by atoms with Crippen molar-refractivity contribution in [2.75, 3.05) is 6.61 Å². The lowest BCUT2D eigenvalue weighted by atomic mass is 10.0. The van der Waals surface area contributed by atoms with Crippen molar-refractivity contribution in [2.45, 2.75) is 39.2 Å². The first-order chi connectivity index (χ1) is 7.97. The van der Waals surface area contributed by atoms with Crippen LogP contribution in [0.3, 0.4) is 0 Å². The monoisotopic (exact) mass is 242 g/mol. The van der Waals surface area contributed by atoms with Gasteiger partial charge in [0.25, 0.3) is 0 Å². The molecular weight excluding hydrogens is 224 g/mol. The summed E-state index contributed by atoms with van der Waals surface area (Å²) in [7, 11) is 0. The van der Waals surface area contributed by atoms with E-state index in [9.17, 15) is 14.7 Å². The first kappa shape index (κ1) is 15.5. The molecule has 0 amide bonds. The number of carbonyl (C=O) groups excluding carboxylic acids is 1. The number of carboxylic acids is 1. The lowest BCUT2D eigenvalue weighted by Crippen LogP contribution is -2.25. The molecule has 0 aromatic rings. The second-order valence-electron chi connectivity index (χ2n) is 3.66. The largest absolute Gasteiger partial charge is 0.481 e. The van der Waals surface area contributed by atoms with E-state index in [1.807, 2.05) is 6.92 Å². The maximum atomic E-state index is 10.8. The quantitative estimate of drug-likeness (QED) is 0.532. The second kappa shape index (κ2) is 8.59. The third kappa shape index (κ3) is 8.29. The molecule has 5 nitrogen and oxygen atoms in total. The van der Waals surface area contributed by atoms with Gasteiger partial charge < -0.3 is 14.9 Å². The Morgan fingerprint density at radius 3 is 2.53 bits per heavy atom. The number of rotatable bonds is 6. The summed E-state index contributed by atoms with van der Waals surface area (Å²) >= 11 is 0. The van der Waals surface area contributed by atoms with Gasteiger partial charge in [0.05, 0.1) is 5.92 Å². The SMILES string of the molecule is CCCC#CC(O)CC(COC(C)=O)C(=O)O. The minimum absolute atomic E-state index is 0.0423. The number of hydrogen-bond donors (Lipinski definition) is 2. The van der Waals surface area contributed by atoms with Crippen LogP contribution in [0.15, 0.2) is 0 Å². The van der Waals surface area contributed by atoms with Crippen LogP contribution in [0.25, 0.3) is 0 Å². The summed E-state index contributed by atoms with van der Waals surface area (Å²) in [6.45, 7) is 2.93. The summed E-state index contributed by atoms with van der Waals surface area (Å²) < 4.78 is 4.61. The zero-order chi connectivity index (χ0) is 13.3. The van der Waals surface area contributed by atoms with E-state index in [0.717, 1.165) is 6.42 Å². The number of unbranched alkanes of at least 4 members (excludes halogenated alkanes) is 1. The Kier molecular flexibility index (Phi) is 7.82. The molecule has 0 aliphatic rings. The van der Waals surface area contributed by atoms with Crippen LogP contribution in [-0.4, -0.2) is 34.9 Å². The molecule has 0 heterocycles. The van der Waals surface area contributed by atoms with Crippen LogP contribution in [0.4, 0.5) is 0 Å². The molecule has 0 fully saturated rings. The smallest absolute Gasteiger partial charge is 0.310 e. The lowest BCUT2D eigenvalue weighted by Gasteiger charge is -2.13. The van der Waals surface area contributed by atoms with Crippen molar-refractivity contribution in [3.63, 3.8) is 0 Å². The van der Waals surface area contributed by atoms with E-state index in [4.69, 9.17) is 5.11 Å². The summed E-state index contributed by atoms with van der Waals surface area (Å²) in [5, 5.41) is 18.3. The van der Waals surface area contributed by atoms with Gasteiger partial charge in [-0.15, -0.1) is 5.92 Å². The Labute approximate surface area is 101 Å². The van der Waals surface area contributed by atoms with E-state index in [1.165, 1.54) is 6.92 Å². The van der Waals surface area contributed by atoms with Crippen molar-refractivity contribution >= 4 is 11.9 Å². The summed E-state index contributed by atoms with van der Waals surface area (Å²) in [6, 6.07) is 0. The lowest BCUT2D eigenvalue weighted by molar-refractivity contribution is -0.150. The molecule has 0 radical (unpaired) electrons. The predicted octanol–water partition coefficient (Wildman–Crippen LogP) is 0.805. The Balaban J connectivity index is 4.21. The highest BCUT2D eigenvalue weighted by molar-refractivity contribution is 5.71. The van der Waals surface area contributed by atoms with Gasteiger partial charge in [0.2, 0.25) is 0 Å². The molecule has 0 aliphatic heterocycles. The molecule has 0 aromatic carbocycles. The maximum absolute atomic E-state index is 10.8. The molecular formula is C12H18O5. The number of aliphatic hydroxyl groups is 1. The Bertz CT molecular complexity index is 313. The fourth-order valence-corrected chi connectivity index (χ4v) is 1.10. The molecule has 2 atom stereocenters. The Hall–Kier alpha value is -1.54. The van der Waals surface area contributed by atoms with Crippen LogP contribution < -0.4 is 0 Å². The number of carboxylic acid groups (broad SMARTS) is 1. The molecule has 5 heteroatoms. The van der Waals surface area contributed by atoms with Crippen LogP contribution in [0.2, 0.25) is 0 Å². The van der Waals surface area contributed by atoms with Crippen molar-refractivity contribution in [1.29, 1.82) is 0 Å². The van der Waals surface area contributed by atoms with Crippen molar-refractivity contribution in [1.82, 2.24) is 0 Å². The van der Waals surface area contributed by atoms with Crippen LogP contribution in [0.1, 0.15) is 33.1 Å². The number of esters is 1. The van der Waals surface area contributed by atoms with Gasteiger partial charge in [0.1, 0.15) is 12.7 Å². The Morgan fingerprint density at radius 2 is 2.06 bits per heavy atom. The molecule has 0 rings (SSSR count). The van der Waals surface area contributed by atoms with Gasteiger partial charge in [-0.3, -0.25) is 9.59 Å². The van der Waals surface area contributed by atoms with Gasteiger partial charge in [0.15, 0.2) is 0 Å². The summed E-state index contributed by atoms with van der Waals surface area (Å²) in [5.74, 6) is 2.73. The molecule has 0 aromatic heterocycles. The van der Waals surface area contributed by atoms with Crippen LogP contribution >= 0.6 is 0 Å². The van der Waals surface area contributed by atoms with Crippen LogP contribution in [0, 0.1) is 17.8 Å². The maximum Gasteiger partial charge on any atom is 0.310 e. The summed E-state index contributed by atoms with van der Waals surface area (Å²) in [4.78, 5) is 21.4. The van der Waals surface area contributed by atoms with E-state index >= 15 is 0 Å². The molecule has 0 aliphatic carbocycles. The standard InChI is InChI=1S/C12H18O5/c1-3-4-5-6-11(14)7-10(12(15)16)8-17-9(2)13/h10-11,14H,3-4,7-8H2,1-2H3,(H,15,16). The summed E-state index contributed by atoms with van der Waals surface area (Å²) in [6.07, 6.45) is 0.506. The molecule has 96 valence electrons. The number of carbonyl (C=O) groups is 2. The minimum Gasteiger partial charge on any atom is -0.481 e. The molecule has 0 saturated carbocycles. The molecule has 2 unspecified atom stereocenters. The van der Waals surface area contributed by atoms with E-state index in [1.54, 1.807) is 0 Å². The average molecular weight is 242 g/mol. The highest BCUT2D eigenvalue weighted by atomic mass is 16.5. The zero-order valence-corrected chi connectivity index (χ0v) is 10.1. The van der Waals surface area contributed by atoms with Gasteiger partial charge in [-0.1, -0.05) is 12.8 Å². The zero-order valence-electron chi connectivity index (χ0n) is 10.1. The first-order valence-electron chi connectivity index (χ1n) is 5.50. The molecule has 0 saturated heterocycles. The van der Waals surface area contributed by atoms with Crippen molar-refractivity contribution in [2.24, 2.45) is 5.92 Å². The number of ether oxygens (including phenoxy) is 1. The highest BCUT2D eigenvalue weighted by Crippen LogP contribution is 2.08. The third-order valence-electron chi connectivity index (χ3n) is 1.99. The van der Waals surface area contributed by atoms with Crippen LogP contribution in [-0.2, 0) is 14.3 Å². The molecule has 17 heavy (non-hydrogen) atoms. The fraction of sp³-hybridized carbons (Fsp3) is 0.667. The van der Waals surface area contributed by atoms with Crippen LogP contribution in [0.5, 0.6) is 0 Å². The topological polar surface area (TPSA) is 83.8 Å². The normalized spacial score (nSPS) is 13.1. The molecule has 0 spiro atoms. The predicted molar refractivity (Wildman–Crippen MR) is 61.1 cm³/mol. The fourth-order valence-electron chi connectivity index (χ4n) is 1.10. The van der Waals surface area contributed by atoms with Crippen molar-refractivity contribution in [3.8, 4) is 11.8 Å². The van der Waals surface area contributed by atoms with Gasteiger partial charge in [-0.25, -0.2) is 0 Å². The third-order valence-corrected chi connectivity index (χ3v) is 1.99. The Morgan fingerprint density at radius 1 is 1.41 bits per heavy atom. The molecule has 2 N–H and O–H groups in total. The minimum atomic E-state index is -1.11. The summed E-state index contributed by atoms with van der Waals surface area (Å²) in [5.41, 5.74) is 0. The first-order valence-corrected chi connectivity index (χ1v) is 5.50. The van der Waals surface area contributed by atoms with E-state index in [0.29, 0.717) is 6.42 Å². The molecule has 0 bridgehead atoms. The average Bonchev–Trinajstić information content (AvgIpc) is 2.23. The number of hydrogen-bond acceptors (Lipinski definition) is 4. The number of aliphatic carboxylic acids is 1. The van der Waals surface area contributed by atoms with Crippen molar-refractivity contribution in [3.05, 3.63) is 0 Å². The van der Waals surface area contributed by atoms with E-state index < -0.39 is 24.0 Å². The highest BCUT2D eigenvalue weighted by Gasteiger charge is 2.21. The number of aliphatic hydroxyl groups excluding tert-OH is 1. The van der Waals surface area contributed by atoms with Gasteiger partial charge in [0, 0.05) is 19.8 Å². The van der Waals surface area contributed by atoms with Gasteiger partial charge in [-0.2, -0.15) is 0 Å². The van der Waals surface area contributed by atoms with Crippen molar-refractivity contribution < 1.29 is 24.5 Å². The van der Waals surface area contributed by atoms with Gasteiger partial charge in [-0.05, 0) is 6.42 Å².